The summed E-state index contributed by atoms with van der Waals surface area (Å²) in [5.41, 5.74) is 0. The van der Waals surface area contributed by atoms with Crippen molar-refractivity contribution >= 4 is 18.5 Å². The van der Waals surface area contributed by atoms with Gasteiger partial charge >= 0.3 is 0 Å². The lowest BCUT2D eigenvalue weighted by molar-refractivity contribution is 1.16. The van der Waals surface area contributed by atoms with Crippen molar-refractivity contribution in [3.63, 3.8) is 0 Å². The zero-order valence-electron chi connectivity index (χ0n) is 5.24. The second kappa shape index (κ2) is 2.37. The Bertz CT molecular complexity index is 114. The van der Waals surface area contributed by atoms with Crippen LogP contribution in [0.4, 0.5) is 0 Å². The smallest absolute Gasteiger partial charge is 0.0448 e. The summed E-state index contributed by atoms with van der Waals surface area (Å²) < 4.78 is 0. The lowest BCUT2D eigenvalue weighted by atomic mass is 10.4. The van der Waals surface area contributed by atoms with Gasteiger partial charge in [0.25, 0.3) is 0 Å². The minimum absolute atomic E-state index is 0.192. The van der Waals surface area contributed by atoms with E-state index in [1.807, 2.05) is 0 Å². The van der Waals surface area contributed by atoms with Crippen LogP contribution in [0.3, 0.4) is 0 Å². The molecular formula is C6H10ClP. The van der Waals surface area contributed by atoms with E-state index in [1.54, 1.807) is 10.6 Å². The van der Waals surface area contributed by atoms with Gasteiger partial charge in [-0.1, -0.05) is 25.1 Å². The molecule has 0 saturated heterocycles. The molecule has 1 rings (SSSR count). The highest BCUT2D eigenvalue weighted by atomic mass is 35.7. The van der Waals surface area contributed by atoms with E-state index in [4.69, 9.17) is 11.2 Å². The molecule has 1 aliphatic heterocycles. The standard InChI is InChI=1S/C6H10ClP/c1-3-5-6(4-2)8(5)7/h3-4H2,1-2H3. The lowest BCUT2D eigenvalue weighted by Gasteiger charge is -1.78. The molecule has 0 aliphatic carbocycles. The molecule has 0 saturated carbocycles. The van der Waals surface area contributed by atoms with Crippen LogP contribution in [-0.4, -0.2) is 0 Å². The van der Waals surface area contributed by atoms with E-state index in [0.717, 1.165) is 0 Å². The molecule has 0 aromatic carbocycles. The second-order valence-corrected chi connectivity index (χ2v) is 4.54. The number of halogens is 1. The molecule has 0 unspecified atom stereocenters. The van der Waals surface area contributed by atoms with E-state index >= 15 is 0 Å². The van der Waals surface area contributed by atoms with Gasteiger partial charge in [-0.2, -0.15) is 0 Å². The van der Waals surface area contributed by atoms with Crippen LogP contribution in [0.2, 0.25) is 0 Å². The maximum absolute atomic E-state index is 5.91. The maximum Gasteiger partial charge on any atom is 0.0448 e. The largest absolute Gasteiger partial charge is 0.0865 e. The first kappa shape index (κ1) is 6.58. The zero-order chi connectivity index (χ0) is 6.15. The highest BCUT2D eigenvalue weighted by Gasteiger charge is 2.30. The van der Waals surface area contributed by atoms with E-state index < -0.39 is 0 Å². The summed E-state index contributed by atoms with van der Waals surface area (Å²) in [6.07, 6.45) is 2.36. The fraction of sp³-hybridized carbons (Fsp3) is 0.667. The Balaban J connectivity index is 2.43. The summed E-state index contributed by atoms with van der Waals surface area (Å²) in [5.74, 6) is 0. The normalized spacial score (nSPS) is 19.9. The van der Waals surface area contributed by atoms with Gasteiger partial charge in [-0.3, -0.25) is 0 Å². The first-order valence-electron chi connectivity index (χ1n) is 2.99. The first-order chi connectivity index (χ1) is 3.81. The van der Waals surface area contributed by atoms with Crippen LogP contribution in [0.25, 0.3) is 0 Å². The summed E-state index contributed by atoms with van der Waals surface area (Å²) in [7, 11) is -0.192. The molecule has 1 heterocycles. The number of rotatable bonds is 2. The van der Waals surface area contributed by atoms with Crippen molar-refractivity contribution < 1.29 is 0 Å². The minimum atomic E-state index is -0.192. The molecule has 0 fully saturated rings. The van der Waals surface area contributed by atoms with Crippen molar-refractivity contribution in [3.05, 3.63) is 10.6 Å². The zero-order valence-corrected chi connectivity index (χ0v) is 6.89. The lowest BCUT2D eigenvalue weighted by Crippen LogP contribution is -1.51. The summed E-state index contributed by atoms with van der Waals surface area (Å²) >= 11 is 5.91. The molecule has 46 valence electrons. The van der Waals surface area contributed by atoms with Gasteiger partial charge in [0.15, 0.2) is 0 Å². The van der Waals surface area contributed by atoms with E-state index in [0.29, 0.717) is 0 Å². The summed E-state index contributed by atoms with van der Waals surface area (Å²) in [4.78, 5) is 0. The Morgan fingerprint density at radius 3 is 1.75 bits per heavy atom. The fourth-order valence-corrected chi connectivity index (χ4v) is 3.73. The molecule has 0 atom stereocenters. The predicted octanol–water partition coefficient (Wildman–Crippen LogP) is 3.67. The second-order valence-electron chi connectivity index (χ2n) is 1.88. The Hall–Kier alpha value is 0.460. The highest BCUT2D eigenvalue weighted by molar-refractivity contribution is 7.96. The van der Waals surface area contributed by atoms with Gasteiger partial charge in [0.1, 0.15) is 0 Å². The van der Waals surface area contributed by atoms with Crippen molar-refractivity contribution in [1.29, 1.82) is 0 Å². The van der Waals surface area contributed by atoms with Crippen LogP contribution in [0.15, 0.2) is 10.6 Å². The molecule has 0 aromatic heterocycles. The molecule has 0 nitrogen and oxygen atoms in total. The predicted molar refractivity (Wildman–Crippen MR) is 40.4 cm³/mol. The quantitative estimate of drug-likeness (QED) is 0.524. The van der Waals surface area contributed by atoms with Gasteiger partial charge < -0.3 is 0 Å². The van der Waals surface area contributed by atoms with Crippen LogP contribution in [0.1, 0.15) is 26.7 Å². The topological polar surface area (TPSA) is 0 Å². The molecule has 0 N–H and O–H groups in total. The van der Waals surface area contributed by atoms with Gasteiger partial charge in [0.2, 0.25) is 0 Å². The van der Waals surface area contributed by atoms with E-state index in [9.17, 15) is 0 Å². The molecule has 1 aliphatic rings. The van der Waals surface area contributed by atoms with Gasteiger partial charge in [-0.25, -0.2) is 0 Å². The third-order valence-corrected chi connectivity index (χ3v) is 4.55. The fourth-order valence-electron chi connectivity index (χ4n) is 0.899. The average Bonchev–Trinajstić information content (AvgIpc) is 2.40. The Kier molecular flexibility index (Phi) is 1.95. The Morgan fingerprint density at radius 2 is 1.62 bits per heavy atom. The number of hydrogen-bond donors (Lipinski definition) is 0. The minimum Gasteiger partial charge on any atom is -0.0865 e. The monoisotopic (exact) mass is 148 g/mol. The molecule has 0 spiro atoms. The average molecular weight is 149 g/mol. The van der Waals surface area contributed by atoms with E-state index in [-0.39, 0.29) is 7.27 Å². The summed E-state index contributed by atoms with van der Waals surface area (Å²) in [6, 6.07) is 0. The van der Waals surface area contributed by atoms with Gasteiger partial charge in [0, 0.05) is 7.27 Å². The Morgan fingerprint density at radius 1 is 1.25 bits per heavy atom. The molecule has 2 heteroatoms. The molecule has 0 bridgehead atoms. The van der Waals surface area contributed by atoms with Gasteiger partial charge in [-0.15, -0.1) is 0 Å². The number of hydrogen-bond acceptors (Lipinski definition) is 0. The molecule has 8 heavy (non-hydrogen) atoms. The van der Waals surface area contributed by atoms with Crippen LogP contribution in [-0.2, 0) is 0 Å². The summed E-state index contributed by atoms with van der Waals surface area (Å²) in [5, 5.41) is 3.09. The summed E-state index contributed by atoms with van der Waals surface area (Å²) in [6.45, 7) is 4.35. The van der Waals surface area contributed by atoms with Crippen LogP contribution < -0.4 is 0 Å². The van der Waals surface area contributed by atoms with Gasteiger partial charge in [0.05, 0.1) is 0 Å². The van der Waals surface area contributed by atoms with E-state index in [2.05, 4.69) is 13.8 Å². The number of allylic oxidation sites excluding steroid dienone is 2. The Labute approximate surface area is 56.5 Å². The first-order valence-corrected chi connectivity index (χ1v) is 5.23. The van der Waals surface area contributed by atoms with Crippen molar-refractivity contribution in [2.24, 2.45) is 0 Å². The van der Waals surface area contributed by atoms with Crippen molar-refractivity contribution in [1.82, 2.24) is 0 Å². The van der Waals surface area contributed by atoms with Crippen molar-refractivity contribution in [2.75, 3.05) is 0 Å². The van der Waals surface area contributed by atoms with E-state index in [1.165, 1.54) is 12.8 Å². The third-order valence-electron chi connectivity index (χ3n) is 1.43. The maximum atomic E-state index is 5.91. The molecule has 0 radical (unpaired) electrons. The molecule has 0 aromatic rings. The van der Waals surface area contributed by atoms with Gasteiger partial charge in [-0.05, 0) is 23.5 Å². The highest BCUT2D eigenvalue weighted by Crippen LogP contribution is 2.75. The molecular weight excluding hydrogens is 138 g/mol. The van der Waals surface area contributed by atoms with Crippen LogP contribution in [0, 0.1) is 0 Å². The van der Waals surface area contributed by atoms with Crippen molar-refractivity contribution in [2.45, 2.75) is 26.7 Å². The molecule has 0 amide bonds. The van der Waals surface area contributed by atoms with Crippen LogP contribution in [0.5, 0.6) is 0 Å². The SMILES string of the molecule is CCC1=C(CC)P1Cl. The third kappa shape index (κ3) is 0.921. The van der Waals surface area contributed by atoms with Crippen molar-refractivity contribution in [3.8, 4) is 0 Å². The van der Waals surface area contributed by atoms with Crippen LogP contribution >= 0.6 is 18.5 Å².